The van der Waals surface area contributed by atoms with E-state index in [9.17, 15) is 5.11 Å². The Morgan fingerprint density at radius 1 is 1.35 bits per heavy atom. The summed E-state index contributed by atoms with van der Waals surface area (Å²) >= 11 is 0. The van der Waals surface area contributed by atoms with Crippen molar-refractivity contribution in [2.24, 2.45) is 0 Å². The molecular weight excluding hydrogens is 212 g/mol. The Bertz CT molecular complexity index is 399. The smallest absolute Gasteiger partial charge is 0.0631 e. The number of benzene rings is 1. The Morgan fingerprint density at radius 2 is 2.12 bits per heavy atom. The highest BCUT2D eigenvalue weighted by molar-refractivity contribution is 5.52. The highest BCUT2D eigenvalue weighted by Gasteiger charge is 2.36. The van der Waals surface area contributed by atoms with E-state index in [1.165, 1.54) is 16.8 Å². The van der Waals surface area contributed by atoms with Crippen LogP contribution in [0.5, 0.6) is 0 Å². The molecule has 1 aliphatic rings. The first-order valence-corrected chi connectivity index (χ1v) is 6.22. The molecule has 1 heterocycles. The molecule has 3 nitrogen and oxygen atoms in total. The molecule has 2 rings (SSSR count). The van der Waals surface area contributed by atoms with E-state index in [4.69, 9.17) is 0 Å². The average molecular weight is 234 g/mol. The van der Waals surface area contributed by atoms with E-state index in [2.05, 4.69) is 42.3 Å². The summed E-state index contributed by atoms with van der Waals surface area (Å²) in [7, 11) is 1.93. The van der Waals surface area contributed by atoms with Crippen LogP contribution in [0.25, 0.3) is 0 Å². The van der Waals surface area contributed by atoms with Gasteiger partial charge in [0, 0.05) is 18.8 Å². The van der Waals surface area contributed by atoms with Crippen LogP contribution in [0.15, 0.2) is 18.2 Å². The van der Waals surface area contributed by atoms with Crippen LogP contribution in [0.3, 0.4) is 0 Å². The maximum absolute atomic E-state index is 9.49. The predicted molar refractivity (Wildman–Crippen MR) is 71.6 cm³/mol. The number of anilines is 1. The molecule has 1 aromatic rings. The molecule has 3 heteroatoms. The number of aliphatic hydroxyl groups is 1. The van der Waals surface area contributed by atoms with Crippen LogP contribution in [0.4, 0.5) is 5.69 Å². The zero-order valence-electron chi connectivity index (χ0n) is 11.0. The summed E-state index contributed by atoms with van der Waals surface area (Å²) in [5, 5.41) is 12.8. The first kappa shape index (κ1) is 12.4. The second-order valence-electron chi connectivity index (χ2n) is 5.13. The van der Waals surface area contributed by atoms with Crippen molar-refractivity contribution in [1.29, 1.82) is 0 Å². The molecule has 1 saturated heterocycles. The van der Waals surface area contributed by atoms with Gasteiger partial charge in [-0.2, -0.15) is 0 Å². The van der Waals surface area contributed by atoms with Crippen molar-refractivity contribution in [3.05, 3.63) is 29.3 Å². The molecule has 0 amide bonds. The van der Waals surface area contributed by atoms with Gasteiger partial charge in [-0.05, 0) is 50.6 Å². The maximum Gasteiger partial charge on any atom is 0.0631 e. The van der Waals surface area contributed by atoms with Gasteiger partial charge in [0.2, 0.25) is 0 Å². The van der Waals surface area contributed by atoms with Crippen LogP contribution in [-0.4, -0.2) is 37.4 Å². The molecule has 0 aliphatic carbocycles. The van der Waals surface area contributed by atoms with E-state index in [-0.39, 0.29) is 12.1 Å². The van der Waals surface area contributed by atoms with E-state index < -0.39 is 0 Å². The van der Waals surface area contributed by atoms with Crippen molar-refractivity contribution in [1.82, 2.24) is 5.32 Å². The lowest BCUT2D eigenvalue weighted by molar-refractivity contribution is 0.184. The lowest BCUT2D eigenvalue weighted by Crippen LogP contribution is -2.48. The van der Waals surface area contributed by atoms with Crippen LogP contribution in [-0.2, 0) is 0 Å². The molecule has 1 atom stereocenters. The number of likely N-dealkylation sites (N-methyl/N-ethyl adjacent to an activating group) is 1. The summed E-state index contributed by atoms with van der Waals surface area (Å²) in [4.78, 5) is 2.35. The Morgan fingerprint density at radius 3 is 2.65 bits per heavy atom. The second kappa shape index (κ2) is 4.67. The predicted octanol–water partition coefficient (Wildman–Crippen LogP) is 1.46. The summed E-state index contributed by atoms with van der Waals surface area (Å²) in [6.45, 7) is 6.36. The molecule has 1 fully saturated rings. The normalized spacial score (nSPS) is 24.4. The standard InChI is InChI=1S/C14H22N2O/c1-11-4-5-13(8-12(11)2)16-7-6-14(9-16,10-17)15-3/h4-5,8,15,17H,6-7,9-10H2,1-3H3. The SMILES string of the molecule is CNC1(CO)CCN(c2ccc(C)c(C)c2)C1. The molecule has 0 saturated carbocycles. The van der Waals surface area contributed by atoms with Crippen molar-refractivity contribution >= 4 is 5.69 Å². The molecule has 1 unspecified atom stereocenters. The Hall–Kier alpha value is -1.06. The van der Waals surface area contributed by atoms with Gasteiger partial charge in [0.1, 0.15) is 0 Å². The average Bonchev–Trinajstić information content (AvgIpc) is 2.78. The quantitative estimate of drug-likeness (QED) is 0.831. The van der Waals surface area contributed by atoms with Crippen LogP contribution in [0.2, 0.25) is 0 Å². The summed E-state index contributed by atoms with van der Waals surface area (Å²) in [6, 6.07) is 6.58. The van der Waals surface area contributed by atoms with Crippen LogP contribution >= 0.6 is 0 Å². The van der Waals surface area contributed by atoms with Crippen LogP contribution < -0.4 is 10.2 Å². The maximum atomic E-state index is 9.49. The molecule has 2 N–H and O–H groups in total. The molecule has 0 radical (unpaired) electrons. The molecule has 94 valence electrons. The van der Waals surface area contributed by atoms with Crippen LogP contribution in [0, 0.1) is 13.8 Å². The zero-order valence-corrected chi connectivity index (χ0v) is 11.0. The number of hydrogen-bond acceptors (Lipinski definition) is 3. The highest BCUT2D eigenvalue weighted by atomic mass is 16.3. The third kappa shape index (κ3) is 2.31. The fourth-order valence-electron chi connectivity index (χ4n) is 2.43. The van der Waals surface area contributed by atoms with Gasteiger partial charge >= 0.3 is 0 Å². The van der Waals surface area contributed by atoms with Gasteiger partial charge in [-0.1, -0.05) is 6.07 Å². The minimum Gasteiger partial charge on any atom is -0.394 e. The van der Waals surface area contributed by atoms with Crippen molar-refractivity contribution in [2.45, 2.75) is 25.8 Å². The van der Waals surface area contributed by atoms with E-state index in [1.54, 1.807) is 0 Å². The lowest BCUT2D eigenvalue weighted by atomic mass is 10.0. The molecule has 1 aromatic carbocycles. The summed E-state index contributed by atoms with van der Waals surface area (Å²) in [6.07, 6.45) is 0.993. The molecule has 0 bridgehead atoms. The van der Waals surface area contributed by atoms with Crippen molar-refractivity contribution < 1.29 is 5.11 Å². The third-order valence-corrected chi connectivity index (χ3v) is 4.04. The Labute approximate surface area is 103 Å². The van der Waals surface area contributed by atoms with Gasteiger partial charge in [0.15, 0.2) is 0 Å². The van der Waals surface area contributed by atoms with Gasteiger partial charge in [-0.15, -0.1) is 0 Å². The van der Waals surface area contributed by atoms with Gasteiger partial charge in [-0.3, -0.25) is 0 Å². The number of nitrogens with zero attached hydrogens (tertiary/aromatic N) is 1. The fraction of sp³-hybridized carbons (Fsp3) is 0.571. The van der Waals surface area contributed by atoms with Gasteiger partial charge in [0.05, 0.1) is 12.1 Å². The minimum atomic E-state index is -0.126. The van der Waals surface area contributed by atoms with E-state index >= 15 is 0 Å². The number of rotatable bonds is 3. The van der Waals surface area contributed by atoms with Gasteiger partial charge in [-0.25, -0.2) is 0 Å². The van der Waals surface area contributed by atoms with Crippen molar-refractivity contribution in [3.8, 4) is 0 Å². The summed E-state index contributed by atoms with van der Waals surface area (Å²) < 4.78 is 0. The first-order chi connectivity index (χ1) is 8.10. The summed E-state index contributed by atoms with van der Waals surface area (Å²) in [5.41, 5.74) is 3.79. The van der Waals surface area contributed by atoms with E-state index in [0.29, 0.717) is 0 Å². The van der Waals surface area contributed by atoms with E-state index in [1.807, 2.05) is 7.05 Å². The first-order valence-electron chi connectivity index (χ1n) is 6.22. The number of nitrogens with one attached hydrogen (secondary N) is 1. The van der Waals surface area contributed by atoms with E-state index in [0.717, 1.165) is 19.5 Å². The third-order valence-electron chi connectivity index (χ3n) is 4.04. The summed E-state index contributed by atoms with van der Waals surface area (Å²) in [5.74, 6) is 0. The Balaban J connectivity index is 2.17. The second-order valence-corrected chi connectivity index (χ2v) is 5.13. The topological polar surface area (TPSA) is 35.5 Å². The number of hydrogen-bond donors (Lipinski definition) is 2. The molecular formula is C14H22N2O. The number of aliphatic hydroxyl groups excluding tert-OH is 1. The lowest BCUT2D eigenvalue weighted by Gasteiger charge is -2.27. The molecule has 0 spiro atoms. The monoisotopic (exact) mass is 234 g/mol. The number of aryl methyl sites for hydroxylation is 2. The molecule has 1 aliphatic heterocycles. The largest absolute Gasteiger partial charge is 0.394 e. The van der Waals surface area contributed by atoms with Crippen LogP contribution in [0.1, 0.15) is 17.5 Å². The van der Waals surface area contributed by atoms with Crippen molar-refractivity contribution in [2.75, 3.05) is 31.6 Å². The fourth-order valence-corrected chi connectivity index (χ4v) is 2.43. The molecule has 0 aromatic heterocycles. The minimum absolute atomic E-state index is 0.126. The van der Waals surface area contributed by atoms with Crippen molar-refractivity contribution in [3.63, 3.8) is 0 Å². The van der Waals surface area contributed by atoms with Gasteiger partial charge < -0.3 is 15.3 Å². The van der Waals surface area contributed by atoms with Gasteiger partial charge in [0.25, 0.3) is 0 Å². The molecule has 17 heavy (non-hydrogen) atoms. The highest BCUT2D eigenvalue weighted by Crippen LogP contribution is 2.27. The Kier molecular flexibility index (Phi) is 3.40. The zero-order chi connectivity index (χ0) is 12.5.